The molecule has 0 spiro atoms. The number of hydrogen-bond donors (Lipinski definition) is 1. The second kappa shape index (κ2) is 8.58. The molecule has 0 unspecified atom stereocenters. The predicted octanol–water partition coefficient (Wildman–Crippen LogP) is 4.73. The third-order valence-electron chi connectivity index (χ3n) is 3.22. The molecule has 7 heteroatoms. The molecule has 4 nitrogen and oxygen atoms in total. The van der Waals surface area contributed by atoms with E-state index < -0.39 is 0 Å². The number of rotatable bonds is 6. The summed E-state index contributed by atoms with van der Waals surface area (Å²) in [5, 5.41) is 4.46. The van der Waals surface area contributed by atoms with Crippen LogP contribution in [0.1, 0.15) is 5.56 Å². The largest absolute Gasteiger partial charge is 0.495 e. The first-order valence-electron chi connectivity index (χ1n) is 7.14. The molecule has 0 bridgehead atoms. The predicted molar refractivity (Wildman–Crippen MR) is 99.4 cm³/mol. The van der Waals surface area contributed by atoms with Gasteiger partial charge in [-0.2, -0.15) is 0 Å². The molecule has 0 heterocycles. The van der Waals surface area contributed by atoms with Crippen LogP contribution in [-0.4, -0.2) is 31.5 Å². The van der Waals surface area contributed by atoms with Crippen molar-refractivity contribution in [2.45, 2.75) is 6.54 Å². The van der Waals surface area contributed by atoms with Crippen LogP contribution in [0.4, 0.5) is 5.69 Å². The number of nitrogens with zero attached hydrogens (tertiary/aromatic N) is 1. The Morgan fingerprint density at radius 1 is 1.08 bits per heavy atom. The molecule has 0 saturated carbocycles. The van der Waals surface area contributed by atoms with Gasteiger partial charge in [0.05, 0.1) is 19.3 Å². The lowest BCUT2D eigenvalue weighted by Crippen LogP contribution is -2.30. The first-order valence-corrected chi connectivity index (χ1v) is 8.27. The van der Waals surface area contributed by atoms with Crippen LogP contribution in [0.5, 0.6) is 5.75 Å². The lowest BCUT2D eigenvalue weighted by Gasteiger charge is -2.17. The summed E-state index contributed by atoms with van der Waals surface area (Å²) in [5.41, 5.74) is 1.47. The van der Waals surface area contributed by atoms with Gasteiger partial charge in [0.25, 0.3) is 0 Å². The summed E-state index contributed by atoms with van der Waals surface area (Å²) < 4.78 is 5.21. The number of halogens is 3. The van der Waals surface area contributed by atoms with Gasteiger partial charge >= 0.3 is 0 Å². The summed E-state index contributed by atoms with van der Waals surface area (Å²) in [7, 11) is 3.37. The first-order chi connectivity index (χ1) is 11.4. The van der Waals surface area contributed by atoms with E-state index in [1.54, 1.807) is 24.3 Å². The van der Waals surface area contributed by atoms with E-state index in [4.69, 9.17) is 39.5 Å². The molecule has 0 aliphatic heterocycles. The quantitative estimate of drug-likeness (QED) is 0.779. The molecular weight excluding hydrogens is 371 g/mol. The monoisotopic (exact) mass is 386 g/mol. The van der Waals surface area contributed by atoms with Gasteiger partial charge in [0.2, 0.25) is 5.91 Å². The van der Waals surface area contributed by atoms with Gasteiger partial charge in [-0.1, -0.05) is 34.8 Å². The number of carbonyl (C=O) groups excluding carboxylic acids is 1. The van der Waals surface area contributed by atoms with Gasteiger partial charge in [0.1, 0.15) is 5.75 Å². The molecule has 0 saturated heterocycles. The molecule has 0 aliphatic carbocycles. The highest BCUT2D eigenvalue weighted by Gasteiger charge is 2.11. The minimum Gasteiger partial charge on any atom is -0.495 e. The third-order valence-corrected chi connectivity index (χ3v) is 3.90. The smallest absolute Gasteiger partial charge is 0.238 e. The molecule has 2 aromatic carbocycles. The molecule has 1 N–H and O–H groups in total. The fraction of sp³-hybridized carbons (Fsp3) is 0.235. The van der Waals surface area contributed by atoms with Crippen molar-refractivity contribution < 1.29 is 9.53 Å². The van der Waals surface area contributed by atoms with E-state index in [1.165, 1.54) is 7.11 Å². The zero-order chi connectivity index (χ0) is 17.7. The van der Waals surface area contributed by atoms with Gasteiger partial charge in [-0.15, -0.1) is 0 Å². The minimum absolute atomic E-state index is 0.175. The highest BCUT2D eigenvalue weighted by molar-refractivity contribution is 6.34. The standard InChI is InChI=1S/C17H17Cl3N2O2/c1-22(9-11-5-13(19)7-14(20)6-11)10-17(23)21-15-8-12(18)3-4-16(15)24-2/h3-8H,9-10H2,1-2H3,(H,21,23). The molecule has 0 fully saturated rings. The maximum Gasteiger partial charge on any atom is 0.238 e. The third kappa shape index (κ3) is 5.56. The summed E-state index contributed by atoms with van der Waals surface area (Å²) in [6.45, 7) is 0.736. The number of carbonyl (C=O) groups is 1. The molecule has 0 aliphatic rings. The van der Waals surface area contributed by atoms with Crippen LogP contribution >= 0.6 is 34.8 Å². The van der Waals surface area contributed by atoms with Crippen molar-refractivity contribution in [3.63, 3.8) is 0 Å². The second-order valence-corrected chi connectivity index (χ2v) is 6.65. The Labute approximate surface area is 156 Å². The average Bonchev–Trinajstić information content (AvgIpc) is 2.45. The van der Waals surface area contributed by atoms with Crippen molar-refractivity contribution in [3.05, 3.63) is 57.0 Å². The summed E-state index contributed by atoms with van der Waals surface area (Å²) in [6.07, 6.45) is 0. The number of anilines is 1. The lowest BCUT2D eigenvalue weighted by molar-refractivity contribution is -0.117. The number of likely N-dealkylation sites (N-methyl/N-ethyl adjacent to an activating group) is 1. The fourth-order valence-electron chi connectivity index (χ4n) is 2.28. The van der Waals surface area contributed by atoms with E-state index in [2.05, 4.69) is 5.32 Å². The van der Waals surface area contributed by atoms with E-state index in [0.717, 1.165) is 5.56 Å². The first kappa shape index (κ1) is 18.9. The molecule has 0 aromatic heterocycles. The highest BCUT2D eigenvalue weighted by Crippen LogP contribution is 2.27. The van der Waals surface area contributed by atoms with Crippen molar-refractivity contribution in [3.8, 4) is 5.75 Å². The van der Waals surface area contributed by atoms with E-state index >= 15 is 0 Å². The van der Waals surface area contributed by atoms with Gasteiger partial charge in [-0.05, 0) is 49.0 Å². The van der Waals surface area contributed by atoms with Crippen molar-refractivity contribution in [2.24, 2.45) is 0 Å². The molecule has 1 amide bonds. The van der Waals surface area contributed by atoms with E-state index in [1.807, 2.05) is 24.1 Å². The Kier molecular flexibility index (Phi) is 6.75. The normalized spacial score (nSPS) is 10.8. The molecule has 24 heavy (non-hydrogen) atoms. The van der Waals surface area contributed by atoms with Crippen LogP contribution in [0, 0.1) is 0 Å². The van der Waals surface area contributed by atoms with Crippen molar-refractivity contribution >= 4 is 46.4 Å². The molecule has 2 aromatic rings. The molecule has 0 atom stereocenters. The number of hydrogen-bond acceptors (Lipinski definition) is 3. The fourth-order valence-corrected chi connectivity index (χ4v) is 3.03. The molecule has 128 valence electrons. The zero-order valence-electron chi connectivity index (χ0n) is 13.3. The van der Waals surface area contributed by atoms with Crippen molar-refractivity contribution in [2.75, 3.05) is 26.0 Å². The SMILES string of the molecule is COc1ccc(Cl)cc1NC(=O)CN(C)Cc1cc(Cl)cc(Cl)c1. The second-order valence-electron chi connectivity index (χ2n) is 5.34. The maximum absolute atomic E-state index is 12.2. The Bertz CT molecular complexity index is 718. The Morgan fingerprint density at radius 3 is 2.38 bits per heavy atom. The van der Waals surface area contributed by atoms with Gasteiger partial charge in [0.15, 0.2) is 0 Å². The summed E-state index contributed by atoms with van der Waals surface area (Å²) in [4.78, 5) is 14.1. The van der Waals surface area contributed by atoms with E-state index in [-0.39, 0.29) is 12.5 Å². The topological polar surface area (TPSA) is 41.6 Å². The highest BCUT2D eigenvalue weighted by atomic mass is 35.5. The van der Waals surface area contributed by atoms with Crippen LogP contribution in [0.25, 0.3) is 0 Å². The number of benzene rings is 2. The minimum atomic E-state index is -0.175. The maximum atomic E-state index is 12.2. The number of amides is 1. The van der Waals surface area contributed by atoms with Crippen LogP contribution in [-0.2, 0) is 11.3 Å². The van der Waals surface area contributed by atoms with Gasteiger partial charge in [-0.25, -0.2) is 0 Å². The van der Waals surface area contributed by atoms with Crippen LogP contribution in [0.2, 0.25) is 15.1 Å². The number of methoxy groups -OCH3 is 1. The van der Waals surface area contributed by atoms with E-state index in [9.17, 15) is 4.79 Å². The van der Waals surface area contributed by atoms with Crippen LogP contribution < -0.4 is 10.1 Å². The molecule has 2 rings (SSSR count). The summed E-state index contributed by atoms with van der Waals surface area (Å²) >= 11 is 17.9. The zero-order valence-corrected chi connectivity index (χ0v) is 15.5. The Balaban J connectivity index is 1.98. The van der Waals surface area contributed by atoms with Crippen LogP contribution in [0.15, 0.2) is 36.4 Å². The Hall–Kier alpha value is -1.46. The van der Waals surface area contributed by atoms with Crippen LogP contribution in [0.3, 0.4) is 0 Å². The van der Waals surface area contributed by atoms with Crippen molar-refractivity contribution in [1.29, 1.82) is 0 Å². The van der Waals surface area contributed by atoms with Gasteiger partial charge in [0, 0.05) is 21.6 Å². The summed E-state index contributed by atoms with van der Waals surface area (Å²) in [6, 6.07) is 10.4. The van der Waals surface area contributed by atoms with E-state index in [0.29, 0.717) is 33.0 Å². The number of nitrogens with one attached hydrogen (secondary N) is 1. The van der Waals surface area contributed by atoms with Gasteiger partial charge in [-0.3, -0.25) is 9.69 Å². The Morgan fingerprint density at radius 2 is 1.75 bits per heavy atom. The average molecular weight is 388 g/mol. The number of ether oxygens (including phenoxy) is 1. The molecule has 0 radical (unpaired) electrons. The van der Waals surface area contributed by atoms with Crippen molar-refractivity contribution in [1.82, 2.24) is 4.90 Å². The van der Waals surface area contributed by atoms with Gasteiger partial charge < -0.3 is 10.1 Å². The molecular formula is C17H17Cl3N2O2. The summed E-state index contributed by atoms with van der Waals surface area (Å²) in [5.74, 6) is 0.378. The lowest BCUT2D eigenvalue weighted by atomic mass is 10.2.